The number of hydrogen-bond acceptors (Lipinski definition) is 4. The normalized spacial score (nSPS) is 11.4. The SMILES string of the molecule is CC(C)Cc1ccc(-c2nc(-n3ccnc3)nc(O)c2C(C)C)cc1. The minimum absolute atomic E-state index is 0.0231. The van der Waals surface area contributed by atoms with Gasteiger partial charge >= 0.3 is 0 Å². The first-order valence-electron chi connectivity index (χ1n) is 8.64. The summed E-state index contributed by atoms with van der Waals surface area (Å²) in [6.07, 6.45) is 6.10. The summed E-state index contributed by atoms with van der Waals surface area (Å²) in [5.74, 6) is 1.17. The van der Waals surface area contributed by atoms with E-state index >= 15 is 0 Å². The highest BCUT2D eigenvalue weighted by Crippen LogP contribution is 2.34. The van der Waals surface area contributed by atoms with Crippen molar-refractivity contribution in [2.24, 2.45) is 5.92 Å². The Labute approximate surface area is 148 Å². The molecule has 1 aromatic carbocycles. The molecule has 2 heterocycles. The Kier molecular flexibility index (Phi) is 4.83. The van der Waals surface area contributed by atoms with Crippen molar-refractivity contribution < 1.29 is 5.11 Å². The van der Waals surface area contributed by atoms with Crippen LogP contribution in [0, 0.1) is 5.92 Å². The third kappa shape index (κ3) is 3.71. The number of imidazole rings is 1. The van der Waals surface area contributed by atoms with E-state index in [-0.39, 0.29) is 11.8 Å². The molecule has 0 saturated heterocycles. The minimum Gasteiger partial charge on any atom is -0.493 e. The van der Waals surface area contributed by atoms with Crippen LogP contribution in [0.1, 0.15) is 44.7 Å². The molecule has 130 valence electrons. The van der Waals surface area contributed by atoms with Crippen molar-refractivity contribution >= 4 is 0 Å². The van der Waals surface area contributed by atoms with Crippen LogP contribution in [0.3, 0.4) is 0 Å². The van der Waals surface area contributed by atoms with Crippen LogP contribution in [-0.2, 0) is 6.42 Å². The van der Waals surface area contributed by atoms with Crippen molar-refractivity contribution in [2.75, 3.05) is 0 Å². The Morgan fingerprint density at radius 1 is 1.04 bits per heavy atom. The van der Waals surface area contributed by atoms with Crippen LogP contribution in [-0.4, -0.2) is 24.6 Å². The molecule has 2 aromatic heterocycles. The van der Waals surface area contributed by atoms with Gasteiger partial charge in [-0.25, -0.2) is 9.97 Å². The highest BCUT2D eigenvalue weighted by Gasteiger charge is 2.19. The van der Waals surface area contributed by atoms with Gasteiger partial charge in [-0.15, -0.1) is 0 Å². The third-order valence-electron chi connectivity index (χ3n) is 4.10. The molecule has 0 aliphatic rings. The zero-order valence-corrected chi connectivity index (χ0v) is 15.1. The first-order valence-corrected chi connectivity index (χ1v) is 8.64. The molecule has 25 heavy (non-hydrogen) atoms. The lowest BCUT2D eigenvalue weighted by atomic mass is 9.96. The molecule has 0 amide bonds. The van der Waals surface area contributed by atoms with E-state index in [0.29, 0.717) is 11.9 Å². The van der Waals surface area contributed by atoms with Crippen molar-refractivity contribution in [3.05, 3.63) is 54.1 Å². The summed E-state index contributed by atoms with van der Waals surface area (Å²) in [6, 6.07) is 8.41. The van der Waals surface area contributed by atoms with E-state index in [1.807, 2.05) is 13.8 Å². The second-order valence-electron chi connectivity index (χ2n) is 7.03. The number of rotatable bonds is 5. The van der Waals surface area contributed by atoms with E-state index in [1.54, 1.807) is 23.3 Å². The highest BCUT2D eigenvalue weighted by molar-refractivity contribution is 5.66. The van der Waals surface area contributed by atoms with Gasteiger partial charge in [0.1, 0.15) is 6.33 Å². The van der Waals surface area contributed by atoms with Crippen LogP contribution in [0.5, 0.6) is 5.88 Å². The van der Waals surface area contributed by atoms with Gasteiger partial charge in [-0.2, -0.15) is 4.98 Å². The topological polar surface area (TPSA) is 63.8 Å². The first-order chi connectivity index (χ1) is 12.0. The molecular formula is C20H24N4O. The summed E-state index contributed by atoms with van der Waals surface area (Å²) in [4.78, 5) is 13.0. The molecule has 5 nitrogen and oxygen atoms in total. The van der Waals surface area contributed by atoms with Gasteiger partial charge < -0.3 is 5.11 Å². The zero-order chi connectivity index (χ0) is 18.0. The lowest BCUT2D eigenvalue weighted by Gasteiger charge is -2.15. The maximum Gasteiger partial charge on any atom is 0.238 e. The van der Waals surface area contributed by atoms with Gasteiger partial charge in [0.05, 0.1) is 5.69 Å². The van der Waals surface area contributed by atoms with Gasteiger partial charge in [0, 0.05) is 23.5 Å². The Morgan fingerprint density at radius 3 is 2.32 bits per heavy atom. The summed E-state index contributed by atoms with van der Waals surface area (Å²) in [7, 11) is 0. The fourth-order valence-corrected chi connectivity index (χ4v) is 2.96. The zero-order valence-electron chi connectivity index (χ0n) is 15.1. The lowest BCUT2D eigenvalue weighted by Crippen LogP contribution is -2.05. The second kappa shape index (κ2) is 7.05. The van der Waals surface area contributed by atoms with E-state index in [1.165, 1.54) is 5.56 Å². The van der Waals surface area contributed by atoms with Crippen LogP contribution in [0.2, 0.25) is 0 Å². The molecule has 3 rings (SSSR count). The average molecular weight is 336 g/mol. The molecule has 0 fully saturated rings. The van der Waals surface area contributed by atoms with Gasteiger partial charge in [-0.3, -0.25) is 4.57 Å². The van der Waals surface area contributed by atoms with E-state index in [9.17, 15) is 5.11 Å². The largest absolute Gasteiger partial charge is 0.493 e. The van der Waals surface area contributed by atoms with Crippen molar-refractivity contribution in [1.29, 1.82) is 0 Å². The average Bonchev–Trinajstić information content (AvgIpc) is 3.08. The lowest BCUT2D eigenvalue weighted by molar-refractivity contribution is 0.440. The predicted octanol–water partition coefficient (Wildman–Crippen LogP) is 4.36. The number of benzene rings is 1. The highest BCUT2D eigenvalue weighted by atomic mass is 16.3. The van der Waals surface area contributed by atoms with E-state index in [0.717, 1.165) is 23.2 Å². The van der Waals surface area contributed by atoms with E-state index < -0.39 is 0 Å². The fraction of sp³-hybridized carbons (Fsp3) is 0.350. The second-order valence-corrected chi connectivity index (χ2v) is 7.03. The van der Waals surface area contributed by atoms with Crippen molar-refractivity contribution in [2.45, 2.75) is 40.0 Å². The van der Waals surface area contributed by atoms with E-state index in [2.05, 4.69) is 48.1 Å². The maximum absolute atomic E-state index is 10.5. The molecular weight excluding hydrogens is 312 g/mol. The summed E-state index contributed by atoms with van der Waals surface area (Å²) in [5.41, 5.74) is 3.82. The van der Waals surface area contributed by atoms with Gasteiger partial charge in [0.25, 0.3) is 0 Å². The Balaban J connectivity index is 2.09. The molecule has 1 N–H and O–H groups in total. The van der Waals surface area contributed by atoms with E-state index in [4.69, 9.17) is 4.98 Å². The van der Waals surface area contributed by atoms with Crippen molar-refractivity contribution in [1.82, 2.24) is 19.5 Å². The number of aromatic hydroxyl groups is 1. The van der Waals surface area contributed by atoms with Crippen LogP contribution in [0.15, 0.2) is 43.0 Å². The minimum atomic E-state index is 0.0231. The van der Waals surface area contributed by atoms with Gasteiger partial charge in [-0.05, 0) is 23.8 Å². The maximum atomic E-state index is 10.5. The molecule has 0 saturated carbocycles. The summed E-state index contributed by atoms with van der Waals surface area (Å²) >= 11 is 0. The summed E-state index contributed by atoms with van der Waals surface area (Å²) in [6.45, 7) is 8.49. The summed E-state index contributed by atoms with van der Waals surface area (Å²) < 4.78 is 1.69. The Bertz CT molecular complexity index is 837. The van der Waals surface area contributed by atoms with Gasteiger partial charge in [0.15, 0.2) is 0 Å². The van der Waals surface area contributed by atoms with Crippen LogP contribution in [0.25, 0.3) is 17.2 Å². The molecule has 5 heteroatoms. The number of nitrogens with zero attached hydrogens (tertiary/aromatic N) is 4. The molecule has 0 radical (unpaired) electrons. The van der Waals surface area contributed by atoms with Crippen LogP contribution in [0.4, 0.5) is 0 Å². The van der Waals surface area contributed by atoms with Crippen LogP contribution >= 0.6 is 0 Å². The van der Waals surface area contributed by atoms with Crippen molar-refractivity contribution in [3.8, 4) is 23.1 Å². The smallest absolute Gasteiger partial charge is 0.238 e. The van der Waals surface area contributed by atoms with Crippen molar-refractivity contribution in [3.63, 3.8) is 0 Å². The molecule has 0 spiro atoms. The van der Waals surface area contributed by atoms with Gasteiger partial charge in [-0.1, -0.05) is 52.0 Å². The monoisotopic (exact) mass is 336 g/mol. The molecule has 3 aromatic rings. The Morgan fingerprint density at radius 2 is 1.76 bits per heavy atom. The summed E-state index contributed by atoms with van der Waals surface area (Å²) in [5, 5.41) is 10.5. The third-order valence-corrected chi connectivity index (χ3v) is 4.10. The quantitative estimate of drug-likeness (QED) is 0.752. The first kappa shape index (κ1) is 17.1. The Hall–Kier alpha value is -2.69. The molecule has 0 unspecified atom stereocenters. The standard InChI is InChI=1S/C20H24N4O/c1-13(2)11-15-5-7-16(8-6-15)18-17(14(3)4)19(25)23-20(22-18)24-10-9-21-12-24/h5-10,12-14H,11H2,1-4H3,(H,22,23,25). The number of hydrogen-bond donors (Lipinski definition) is 1. The molecule has 0 aliphatic heterocycles. The fourth-order valence-electron chi connectivity index (χ4n) is 2.96. The molecule has 0 aliphatic carbocycles. The predicted molar refractivity (Wildman–Crippen MR) is 98.9 cm³/mol. The number of aromatic nitrogens is 4. The van der Waals surface area contributed by atoms with Crippen LogP contribution < -0.4 is 0 Å². The van der Waals surface area contributed by atoms with Gasteiger partial charge in [0.2, 0.25) is 11.8 Å². The molecule has 0 atom stereocenters. The molecule has 0 bridgehead atoms.